The standard InChI is InChI=1S/C21H21NO/c1-21(2,3)17-13-11-16(12-14-17)20(23)22-19-10-6-8-15-7-4-5-9-18(15)19/h4-14H,1-3H3,(H,22,23). The van der Waals surface area contributed by atoms with E-state index in [2.05, 4.69) is 26.1 Å². The number of rotatable bonds is 2. The van der Waals surface area contributed by atoms with Crippen molar-refractivity contribution >= 4 is 22.4 Å². The highest BCUT2D eigenvalue weighted by atomic mass is 16.1. The van der Waals surface area contributed by atoms with Gasteiger partial charge in [0, 0.05) is 16.6 Å². The maximum absolute atomic E-state index is 12.5. The van der Waals surface area contributed by atoms with Gasteiger partial charge in [0.2, 0.25) is 0 Å². The molecule has 23 heavy (non-hydrogen) atoms. The van der Waals surface area contributed by atoms with Crippen molar-refractivity contribution in [2.75, 3.05) is 5.32 Å². The van der Waals surface area contributed by atoms with E-state index in [1.54, 1.807) is 0 Å². The molecule has 1 amide bonds. The molecule has 0 unspecified atom stereocenters. The third-order valence-corrected chi connectivity index (χ3v) is 4.05. The molecule has 0 aliphatic carbocycles. The topological polar surface area (TPSA) is 29.1 Å². The third-order valence-electron chi connectivity index (χ3n) is 4.05. The number of hydrogen-bond donors (Lipinski definition) is 1. The zero-order chi connectivity index (χ0) is 16.4. The van der Waals surface area contributed by atoms with Crippen LogP contribution in [0.4, 0.5) is 5.69 Å². The molecule has 3 rings (SSSR count). The second kappa shape index (κ2) is 5.88. The quantitative estimate of drug-likeness (QED) is 0.675. The van der Waals surface area contributed by atoms with E-state index < -0.39 is 0 Å². The van der Waals surface area contributed by atoms with E-state index in [4.69, 9.17) is 0 Å². The molecular formula is C21H21NO. The molecule has 116 valence electrons. The largest absolute Gasteiger partial charge is 0.321 e. The second-order valence-corrected chi connectivity index (χ2v) is 6.81. The molecule has 0 saturated heterocycles. The first-order valence-corrected chi connectivity index (χ1v) is 7.85. The van der Waals surface area contributed by atoms with Gasteiger partial charge in [-0.3, -0.25) is 4.79 Å². The zero-order valence-electron chi connectivity index (χ0n) is 13.8. The fourth-order valence-corrected chi connectivity index (χ4v) is 2.65. The van der Waals surface area contributed by atoms with E-state index in [1.807, 2.05) is 66.7 Å². The van der Waals surface area contributed by atoms with Crippen LogP contribution in [0.5, 0.6) is 0 Å². The van der Waals surface area contributed by atoms with Crippen molar-refractivity contribution in [2.24, 2.45) is 0 Å². The predicted octanol–water partition coefficient (Wildman–Crippen LogP) is 5.39. The molecule has 2 heteroatoms. The van der Waals surface area contributed by atoms with Crippen LogP contribution in [0.2, 0.25) is 0 Å². The Kier molecular flexibility index (Phi) is 3.91. The van der Waals surface area contributed by atoms with Crippen molar-refractivity contribution in [3.05, 3.63) is 77.9 Å². The Morgan fingerprint density at radius 2 is 1.48 bits per heavy atom. The highest BCUT2D eigenvalue weighted by Crippen LogP contribution is 2.25. The van der Waals surface area contributed by atoms with Gasteiger partial charge in [0.1, 0.15) is 0 Å². The van der Waals surface area contributed by atoms with Crippen LogP contribution in [0.25, 0.3) is 10.8 Å². The maximum Gasteiger partial charge on any atom is 0.255 e. The minimum absolute atomic E-state index is 0.0817. The summed E-state index contributed by atoms with van der Waals surface area (Å²) in [6.45, 7) is 6.49. The van der Waals surface area contributed by atoms with Crippen molar-refractivity contribution in [1.82, 2.24) is 0 Å². The van der Waals surface area contributed by atoms with Crippen molar-refractivity contribution in [3.8, 4) is 0 Å². The molecule has 2 nitrogen and oxygen atoms in total. The average Bonchev–Trinajstić information content (AvgIpc) is 2.54. The van der Waals surface area contributed by atoms with Gasteiger partial charge in [-0.05, 0) is 34.6 Å². The van der Waals surface area contributed by atoms with Gasteiger partial charge in [0.15, 0.2) is 0 Å². The summed E-state index contributed by atoms with van der Waals surface area (Å²) < 4.78 is 0. The Morgan fingerprint density at radius 3 is 2.17 bits per heavy atom. The van der Waals surface area contributed by atoms with Gasteiger partial charge in [-0.2, -0.15) is 0 Å². The summed E-state index contributed by atoms with van der Waals surface area (Å²) in [5, 5.41) is 5.19. The third kappa shape index (κ3) is 3.26. The van der Waals surface area contributed by atoms with Crippen LogP contribution in [-0.4, -0.2) is 5.91 Å². The Labute approximate surface area is 137 Å². The lowest BCUT2D eigenvalue weighted by molar-refractivity contribution is 0.102. The molecule has 0 saturated carbocycles. The van der Waals surface area contributed by atoms with E-state index in [1.165, 1.54) is 5.56 Å². The van der Waals surface area contributed by atoms with Gasteiger partial charge in [-0.25, -0.2) is 0 Å². The molecule has 0 aromatic heterocycles. The molecule has 0 radical (unpaired) electrons. The number of hydrogen-bond acceptors (Lipinski definition) is 1. The molecule has 0 aliphatic heterocycles. The lowest BCUT2D eigenvalue weighted by atomic mass is 9.86. The SMILES string of the molecule is CC(C)(C)c1ccc(C(=O)Nc2cccc3ccccc23)cc1. The fraction of sp³-hybridized carbons (Fsp3) is 0.190. The van der Waals surface area contributed by atoms with E-state index in [0.717, 1.165) is 16.5 Å². The lowest BCUT2D eigenvalue weighted by Crippen LogP contribution is -2.14. The van der Waals surface area contributed by atoms with Crippen LogP contribution in [0, 0.1) is 0 Å². The Morgan fingerprint density at radius 1 is 0.826 bits per heavy atom. The number of benzene rings is 3. The van der Waals surface area contributed by atoms with E-state index in [0.29, 0.717) is 5.56 Å². The van der Waals surface area contributed by atoms with Gasteiger partial charge in [0.25, 0.3) is 5.91 Å². The highest BCUT2D eigenvalue weighted by molar-refractivity contribution is 6.09. The Balaban J connectivity index is 1.86. The first-order chi connectivity index (χ1) is 10.9. The van der Waals surface area contributed by atoms with E-state index in [9.17, 15) is 4.79 Å². The molecule has 0 aliphatic rings. The number of carbonyl (C=O) groups excluding carboxylic acids is 1. The van der Waals surface area contributed by atoms with Gasteiger partial charge < -0.3 is 5.32 Å². The van der Waals surface area contributed by atoms with Gasteiger partial charge in [-0.15, -0.1) is 0 Å². The van der Waals surface area contributed by atoms with Gasteiger partial charge in [0.05, 0.1) is 0 Å². The summed E-state index contributed by atoms with van der Waals surface area (Å²) in [6, 6.07) is 21.8. The number of carbonyl (C=O) groups is 1. The molecule has 0 bridgehead atoms. The summed E-state index contributed by atoms with van der Waals surface area (Å²) in [6.07, 6.45) is 0. The minimum Gasteiger partial charge on any atom is -0.321 e. The number of anilines is 1. The molecule has 3 aromatic rings. The molecule has 3 aromatic carbocycles. The van der Waals surface area contributed by atoms with Crippen molar-refractivity contribution in [3.63, 3.8) is 0 Å². The summed E-state index contributed by atoms with van der Waals surface area (Å²) in [5.74, 6) is -0.0817. The zero-order valence-corrected chi connectivity index (χ0v) is 13.8. The highest BCUT2D eigenvalue weighted by Gasteiger charge is 2.14. The van der Waals surface area contributed by atoms with Gasteiger partial charge >= 0.3 is 0 Å². The van der Waals surface area contributed by atoms with E-state index >= 15 is 0 Å². The molecule has 0 atom stereocenters. The summed E-state index contributed by atoms with van der Waals surface area (Å²) in [4.78, 5) is 12.5. The normalized spacial score (nSPS) is 11.4. The molecule has 1 N–H and O–H groups in total. The van der Waals surface area contributed by atoms with Gasteiger partial charge in [-0.1, -0.05) is 69.3 Å². The summed E-state index contributed by atoms with van der Waals surface area (Å²) in [7, 11) is 0. The molecule has 0 heterocycles. The van der Waals surface area contributed by atoms with Crippen molar-refractivity contribution < 1.29 is 4.79 Å². The lowest BCUT2D eigenvalue weighted by Gasteiger charge is -2.19. The average molecular weight is 303 g/mol. The molecular weight excluding hydrogens is 282 g/mol. The van der Waals surface area contributed by atoms with Crippen molar-refractivity contribution in [2.45, 2.75) is 26.2 Å². The maximum atomic E-state index is 12.5. The number of nitrogens with one attached hydrogen (secondary N) is 1. The van der Waals surface area contributed by atoms with Crippen LogP contribution in [-0.2, 0) is 5.41 Å². The fourth-order valence-electron chi connectivity index (χ4n) is 2.65. The minimum atomic E-state index is -0.0817. The molecule has 0 fully saturated rings. The van der Waals surface area contributed by atoms with Crippen LogP contribution in [0.3, 0.4) is 0 Å². The molecule has 0 spiro atoms. The predicted molar refractivity (Wildman–Crippen MR) is 97.0 cm³/mol. The monoisotopic (exact) mass is 303 g/mol. The number of fused-ring (bicyclic) bond motifs is 1. The second-order valence-electron chi connectivity index (χ2n) is 6.81. The van der Waals surface area contributed by atoms with Crippen LogP contribution in [0.15, 0.2) is 66.7 Å². The van der Waals surface area contributed by atoms with E-state index in [-0.39, 0.29) is 11.3 Å². The van der Waals surface area contributed by atoms with Crippen LogP contribution >= 0.6 is 0 Å². The Hall–Kier alpha value is -2.61. The first-order valence-electron chi connectivity index (χ1n) is 7.85. The Bertz CT molecular complexity index is 836. The summed E-state index contributed by atoms with van der Waals surface area (Å²) in [5.41, 5.74) is 2.82. The van der Waals surface area contributed by atoms with Crippen LogP contribution in [0.1, 0.15) is 36.7 Å². The van der Waals surface area contributed by atoms with Crippen molar-refractivity contribution in [1.29, 1.82) is 0 Å². The summed E-state index contributed by atoms with van der Waals surface area (Å²) >= 11 is 0. The number of amides is 1. The van der Waals surface area contributed by atoms with Crippen LogP contribution < -0.4 is 5.32 Å². The first kappa shape index (κ1) is 15.3. The smallest absolute Gasteiger partial charge is 0.255 e.